The molecular formula is C12H12FN3. The molecule has 1 unspecified atom stereocenters. The van der Waals surface area contributed by atoms with Gasteiger partial charge in [-0.1, -0.05) is 6.07 Å². The van der Waals surface area contributed by atoms with E-state index in [9.17, 15) is 4.39 Å². The van der Waals surface area contributed by atoms with E-state index in [0.717, 1.165) is 5.56 Å². The normalized spacial score (nSPS) is 12.4. The SMILES string of the molecule is NC(Cc1cccnc1)c1ccc(F)cn1. The maximum atomic E-state index is 12.7. The molecule has 0 spiro atoms. The molecule has 0 amide bonds. The Morgan fingerprint density at radius 2 is 2.12 bits per heavy atom. The Kier molecular flexibility index (Phi) is 3.22. The van der Waals surface area contributed by atoms with Crippen molar-refractivity contribution < 1.29 is 4.39 Å². The first-order valence-corrected chi connectivity index (χ1v) is 5.01. The standard InChI is InChI=1S/C12H12FN3/c13-10-3-4-12(16-8-10)11(14)6-9-2-1-5-15-7-9/h1-5,7-8,11H,6,14H2. The van der Waals surface area contributed by atoms with Gasteiger partial charge in [0, 0.05) is 12.4 Å². The van der Waals surface area contributed by atoms with Gasteiger partial charge >= 0.3 is 0 Å². The number of rotatable bonds is 3. The van der Waals surface area contributed by atoms with Gasteiger partial charge in [-0.15, -0.1) is 0 Å². The first-order chi connectivity index (χ1) is 7.75. The molecule has 0 aromatic carbocycles. The minimum Gasteiger partial charge on any atom is -0.322 e. The summed E-state index contributed by atoms with van der Waals surface area (Å²) >= 11 is 0. The largest absolute Gasteiger partial charge is 0.322 e. The molecular weight excluding hydrogens is 205 g/mol. The van der Waals surface area contributed by atoms with Crippen LogP contribution in [0.5, 0.6) is 0 Å². The molecule has 2 N–H and O–H groups in total. The summed E-state index contributed by atoms with van der Waals surface area (Å²) in [5.41, 5.74) is 7.69. The number of nitrogens with zero attached hydrogens (tertiary/aromatic N) is 2. The number of aromatic nitrogens is 2. The summed E-state index contributed by atoms with van der Waals surface area (Å²) in [7, 11) is 0. The van der Waals surface area contributed by atoms with E-state index in [-0.39, 0.29) is 11.9 Å². The molecule has 0 bridgehead atoms. The van der Waals surface area contributed by atoms with Crippen LogP contribution in [0.4, 0.5) is 4.39 Å². The number of nitrogens with two attached hydrogens (primary N) is 1. The lowest BCUT2D eigenvalue weighted by atomic mass is 10.1. The number of hydrogen-bond acceptors (Lipinski definition) is 3. The summed E-state index contributed by atoms with van der Waals surface area (Å²) in [6.45, 7) is 0. The molecule has 0 aliphatic heterocycles. The van der Waals surface area contributed by atoms with Crippen LogP contribution in [0.3, 0.4) is 0 Å². The Balaban J connectivity index is 2.09. The zero-order valence-electron chi connectivity index (χ0n) is 8.68. The highest BCUT2D eigenvalue weighted by atomic mass is 19.1. The third-order valence-corrected chi connectivity index (χ3v) is 2.31. The van der Waals surface area contributed by atoms with Crippen molar-refractivity contribution in [3.63, 3.8) is 0 Å². The average molecular weight is 217 g/mol. The number of hydrogen-bond donors (Lipinski definition) is 1. The second kappa shape index (κ2) is 4.81. The Morgan fingerprint density at radius 1 is 1.25 bits per heavy atom. The van der Waals surface area contributed by atoms with E-state index in [4.69, 9.17) is 5.73 Å². The van der Waals surface area contributed by atoms with E-state index < -0.39 is 0 Å². The van der Waals surface area contributed by atoms with Gasteiger partial charge in [-0.3, -0.25) is 9.97 Å². The molecule has 0 saturated heterocycles. The van der Waals surface area contributed by atoms with Crippen molar-refractivity contribution in [3.05, 3.63) is 59.9 Å². The van der Waals surface area contributed by atoms with Crippen LogP contribution in [0.2, 0.25) is 0 Å². The predicted molar refractivity (Wildman–Crippen MR) is 59.1 cm³/mol. The zero-order valence-corrected chi connectivity index (χ0v) is 8.68. The van der Waals surface area contributed by atoms with Crippen LogP contribution in [0.1, 0.15) is 17.3 Å². The summed E-state index contributed by atoms with van der Waals surface area (Å²) in [5, 5.41) is 0. The van der Waals surface area contributed by atoms with Crippen LogP contribution >= 0.6 is 0 Å². The Bertz CT molecular complexity index is 442. The van der Waals surface area contributed by atoms with Crippen LogP contribution in [0.25, 0.3) is 0 Å². The highest BCUT2D eigenvalue weighted by Gasteiger charge is 2.08. The Labute approximate surface area is 93.2 Å². The molecule has 16 heavy (non-hydrogen) atoms. The maximum Gasteiger partial charge on any atom is 0.141 e. The quantitative estimate of drug-likeness (QED) is 0.853. The van der Waals surface area contributed by atoms with Crippen molar-refractivity contribution in [2.24, 2.45) is 5.73 Å². The summed E-state index contributed by atoms with van der Waals surface area (Å²) in [5.74, 6) is -0.350. The van der Waals surface area contributed by atoms with Crippen molar-refractivity contribution in [2.45, 2.75) is 12.5 Å². The summed E-state index contributed by atoms with van der Waals surface area (Å²) in [6.07, 6.45) is 5.31. The molecule has 2 heterocycles. The van der Waals surface area contributed by atoms with Crippen LogP contribution in [0.15, 0.2) is 42.9 Å². The summed E-state index contributed by atoms with van der Waals surface area (Å²) in [4.78, 5) is 7.96. The van der Waals surface area contributed by atoms with Gasteiger partial charge < -0.3 is 5.73 Å². The monoisotopic (exact) mass is 217 g/mol. The fourth-order valence-electron chi connectivity index (χ4n) is 1.48. The maximum absolute atomic E-state index is 12.7. The smallest absolute Gasteiger partial charge is 0.141 e. The molecule has 0 radical (unpaired) electrons. The lowest BCUT2D eigenvalue weighted by Gasteiger charge is -2.10. The van der Waals surface area contributed by atoms with Gasteiger partial charge in [0.15, 0.2) is 0 Å². The molecule has 0 aliphatic rings. The van der Waals surface area contributed by atoms with Gasteiger partial charge in [0.05, 0.1) is 17.9 Å². The summed E-state index contributed by atoms with van der Waals surface area (Å²) in [6, 6.07) is 6.56. The first kappa shape index (κ1) is 10.7. The lowest BCUT2D eigenvalue weighted by molar-refractivity contribution is 0.612. The Morgan fingerprint density at radius 3 is 2.75 bits per heavy atom. The topological polar surface area (TPSA) is 51.8 Å². The van der Waals surface area contributed by atoms with Crippen LogP contribution in [-0.2, 0) is 6.42 Å². The minimum absolute atomic E-state index is 0.232. The van der Waals surface area contributed by atoms with Gasteiger partial charge in [-0.2, -0.15) is 0 Å². The van der Waals surface area contributed by atoms with E-state index in [1.807, 2.05) is 12.1 Å². The molecule has 3 nitrogen and oxygen atoms in total. The molecule has 2 aromatic heterocycles. The Hall–Kier alpha value is -1.81. The van der Waals surface area contributed by atoms with Gasteiger partial charge in [-0.05, 0) is 30.2 Å². The highest BCUT2D eigenvalue weighted by molar-refractivity contribution is 5.16. The molecule has 2 rings (SSSR count). The fourth-order valence-corrected chi connectivity index (χ4v) is 1.48. The van der Waals surface area contributed by atoms with Crippen LogP contribution < -0.4 is 5.73 Å². The van der Waals surface area contributed by atoms with E-state index in [1.54, 1.807) is 18.5 Å². The van der Waals surface area contributed by atoms with E-state index in [0.29, 0.717) is 12.1 Å². The second-order valence-electron chi connectivity index (χ2n) is 3.57. The number of halogens is 1. The van der Waals surface area contributed by atoms with Crippen molar-refractivity contribution in [2.75, 3.05) is 0 Å². The minimum atomic E-state index is -0.350. The van der Waals surface area contributed by atoms with Crippen molar-refractivity contribution >= 4 is 0 Å². The van der Waals surface area contributed by atoms with Gasteiger partial charge in [0.1, 0.15) is 5.82 Å². The van der Waals surface area contributed by atoms with E-state index in [1.165, 1.54) is 12.3 Å². The number of pyridine rings is 2. The van der Waals surface area contributed by atoms with E-state index >= 15 is 0 Å². The summed E-state index contributed by atoms with van der Waals surface area (Å²) < 4.78 is 12.7. The fraction of sp³-hybridized carbons (Fsp3) is 0.167. The molecule has 0 aliphatic carbocycles. The van der Waals surface area contributed by atoms with Crippen molar-refractivity contribution in [1.29, 1.82) is 0 Å². The first-order valence-electron chi connectivity index (χ1n) is 5.01. The lowest BCUT2D eigenvalue weighted by Crippen LogP contribution is -2.15. The molecule has 0 saturated carbocycles. The average Bonchev–Trinajstić information content (AvgIpc) is 2.31. The molecule has 82 valence electrons. The van der Waals surface area contributed by atoms with Gasteiger partial charge in [-0.25, -0.2) is 4.39 Å². The zero-order chi connectivity index (χ0) is 11.4. The van der Waals surface area contributed by atoms with Crippen LogP contribution in [-0.4, -0.2) is 9.97 Å². The molecule has 0 fully saturated rings. The highest BCUT2D eigenvalue weighted by Crippen LogP contribution is 2.13. The third kappa shape index (κ3) is 2.61. The molecule has 4 heteroatoms. The van der Waals surface area contributed by atoms with Gasteiger partial charge in [0.2, 0.25) is 0 Å². The third-order valence-electron chi connectivity index (χ3n) is 2.31. The van der Waals surface area contributed by atoms with Gasteiger partial charge in [0.25, 0.3) is 0 Å². The van der Waals surface area contributed by atoms with E-state index in [2.05, 4.69) is 9.97 Å². The van der Waals surface area contributed by atoms with Crippen molar-refractivity contribution in [3.8, 4) is 0 Å². The molecule has 2 aromatic rings. The second-order valence-corrected chi connectivity index (χ2v) is 3.57. The predicted octanol–water partition coefficient (Wildman–Crippen LogP) is 1.86. The molecule has 1 atom stereocenters. The van der Waals surface area contributed by atoms with Crippen LogP contribution in [0, 0.1) is 5.82 Å². The van der Waals surface area contributed by atoms with Crippen molar-refractivity contribution in [1.82, 2.24) is 9.97 Å².